The molecule has 1 N–H and O–H groups in total. The van der Waals surface area contributed by atoms with E-state index in [1.54, 1.807) is 4.90 Å². The third-order valence-electron chi connectivity index (χ3n) is 2.94. The number of carbonyl (C=O) groups excluding carboxylic acids is 1. The van der Waals surface area contributed by atoms with Gasteiger partial charge in [0.15, 0.2) is 0 Å². The predicted octanol–water partition coefficient (Wildman–Crippen LogP) is 0.796. The minimum Gasteiger partial charge on any atom is -0.394 e. The summed E-state index contributed by atoms with van der Waals surface area (Å²) in [6, 6.07) is 9.89. The molecule has 1 amide bonds. The van der Waals surface area contributed by atoms with Gasteiger partial charge in [0.2, 0.25) is 5.91 Å². The van der Waals surface area contributed by atoms with Crippen molar-refractivity contribution in [2.75, 3.05) is 19.8 Å². The predicted molar refractivity (Wildman–Crippen MR) is 63.3 cm³/mol. The van der Waals surface area contributed by atoms with Gasteiger partial charge in [-0.05, 0) is 12.0 Å². The van der Waals surface area contributed by atoms with Crippen LogP contribution in [0.25, 0.3) is 0 Å². The number of carbonyl (C=O) groups is 1. The first-order valence-corrected chi connectivity index (χ1v) is 5.84. The van der Waals surface area contributed by atoms with Crippen LogP contribution in [0.5, 0.6) is 0 Å². The van der Waals surface area contributed by atoms with Crippen LogP contribution in [0.2, 0.25) is 0 Å². The summed E-state index contributed by atoms with van der Waals surface area (Å²) in [6.07, 6.45) is 0.481. The van der Waals surface area contributed by atoms with Crippen LogP contribution in [0.15, 0.2) is 30.3 Å². The van der Waals surface area contributed by atoms with Gasteiger partial charge in [0, 0.05) is 13.1 Å². The van der Waals surface area contributed by atoms with Gasteiger partial charge in [0.05, 0.1) is 12.7 Å². The molecular formula is C13H17NO3. The first-order chi connectivity index (χ1) is 8.29. The van der Waals surface area contributed by atoms with E-state index in [1.165, 1.54) is 0 Å². The summed E-state index contributed by atoms with van der Waals surface area (Å²) in [5.41, 5.74) is 1.11. The lowest BCUT2D eigenvalue weighted by molar-refractivity contribution is -0.135. The molecule has 4 heteroatoms. The molecule has 1 aliphatic rings. The number of benzene rings is 1. The lowest BCUT2D eigenvalue weighted by Crippen LogP contribution is -2.32. The number of aliphatic hydroxyl groups is 1. The van der Waals surface area contributed by atoms with E-state index in [4.69, 9.17) is 9.84 Å². The minimum absolute atomic E-state index is 0.00944. The fourth-order valence-electron chi connectivity index (χ4n) is 1.90. The summed E-state index contributed by atoms with van der Waals surface area (Å²) in [5.74, 6) is -0.00944. The van der Waals surface area contributed by atoms with E-state index in [1.807, 2.05) is 30.3 Å². The van der Waals surface area contributed by atoms with E-state index in [-0.39, 0.29) is 25.2 Å². The van der Waals surface area contributed by atoms with Crippen molar-refractivity contribution in [3.8, 4) is 0 Å². The highest BCUT2D eigenvalue weighted by Crippen LogP contribution is 2.11. The van der Waals surface area contributed by atoms with Crippen molar-refractivity contribution < 1.29 is 14.6 Å². The van der Waals surface area contributed by atoms with E-state index in [0.717, 1.165) is 5.56 Å². The highest BCUT2D eigenvalue weighted by atomic mass is 16.5. The first kappa shape index (κ1) is 12.1. The number of hydrogen-bond donors (Lipinski definition) is 1. The summed E-state index contributed by atoms with van der Waals surface area (Å²) in [5, 5.41) is 9.02. The maximum absolute atomic E-state index is 11.8. The van der Waals surface area contributed by atoms with Crippen LogP contribution in [0.1, 0.15) is 12.0 Å². The van der Waals surface area contributed by atoms with E-state index >= 15 is 0 Å². The summed E-state index contributed by atoms with van der Waals surface area (Å²) in [4.78, 5) is 13.6. The molecule has 0 bridgehead atoms. The Bertz CT molecular complexity index is 366. The monoisotopic (exact) mass is 235 g/mol. The number of rotatable bonds is 3. The summed E-state index contributed by atoms with van der Waals surface area (Å²) in [7, 11) is 0. The number of nitrogens with zero attached hydrogens (tertiary/aromatic N) is 1. The summed E-state index contributed by atoms with van der Waals surface area (Å²) < 4.78 is 5.29. The van der Waals surface area contributed by atoms with Crippen LogP contribution >= 0.6 is 0 Å². The molecule has 4 nitrogen and oxygen atoms in total. The van der Waals surface area contributed by atoms with Crippen LogP contribution in [-0.2, 0) is 16.1 Å². The van der Waals surface area contributed by atoms with Gasteiger partial charge in [0.25, 0.3) is 0 Å². The van der Waals surface area contributed by atoms with Crippen molar-refractivity contribution in [2.24, 2.45) is 0 Å². The van der Waals surface area contributed by atoms with Gasteiger partial charge in [-0.25, -0.2) is 0 Å². The zero-order chi connectivity index (χ0) is 12.1. The Balaban J connectivity index is 1.98. The molecule has 0 spiro atoms. The van der Waals surface area contributed by atoms with Crippen LogP contribution in [0, 0.1) is 0 Å². The van der Waals surface area contributed by atoms with Gasteiger partial charge in [-0.15, -0.1) is 0 Å². The van der Waals surface area contributed by atoms with E-state index in [9.17, 15) is 4.79 Å². The molecule has 1 aromatic carbocycles. The Kier molecular flexibility index (Phi) is 4.12. The second-order valence-electron chi connectivity index (χ2n) is 4.21. The maximum atomic E-state index is 11.8. The lowest BCUT2D eigenvalue weighted by atomic mass is 10.2. The molecule has 0 saturated carbocycles. The molecule has 1 aliphatic heterocycles. The quantitative estimate of drug-likeness (QED) is 0.843. The molecule has 2 rings (SSSR count). The smallest absolute Gasteiger partial charge is 0.248 e. The second-order valence-corrected chi connectivity index (χ2v) is 4.21. The average Bonchev–Trinajstić information content (AvgIpc) is 2.54. The second kappa shape index (κ2) is 5.80. The zero-order valence-electron chi connectivity index (χ0n) is 9.71. The molecule has 1 unspecified atom stereocenters. The highest BCUT2D eigenvalue weighted by molar-refractivity contribution is 5.77. The maximum Gasteiger partial charge on any atom is 0.248 e. The summed E-state index contributed by atoms with van der Waals surface area (Å²) >= 11 is 0. The molecule has 0 radical (unpaired) electrons. The number of hydrogen-bond acceptors (Lipinski definition) is 3. The standard InChI is InChI=1S/C13H17NO3/c15-9-12-6-7-14(13(16)10-17-12)8-11-4-2-1-3-5-11/h1-5,12,15H,6-10H2. The Hall–Kier alpha value is -1.39. The molecule has 1 aromatic rings. The Morgan fingerprint density at radius 2 is 2.12 bits per heavy atom. The van der Waals surface area contributed by atoms with E-state index in [2.05, 4.69) is 0 Å². The Morgan fingerprint density at radius 1 is 1.35 bits per heavy atom. The Labute approximate surface area is 101 Å². The molecule has 1 heterocycles. The normalized spacial score (nSPS) is 21.4. The molecule has 17 heavy (non-hydrogen) atoms. The van der Waals surface area contributed by atoms with Crippen molar-refractivity contribution in [1.29, 1.82) is 0 Å². The highest BCUT2D eigenvalue weighted by Gasteiger charge is 2.22. The number of aliphatic hydroxyl groups excluding tert-OH is 1. The van der Waals surface area contributed by atoms with Gasteiger partial charge in [-0.3, -0.25) is 4.79 Å². The van der Waals surface area contributed by atoms with Gasteiger partial charge >= 0.3 is 0 Å². The topological polar surface area (TPSA) is 49.8 Å². The molecule has 1 atom stereocenters. The van der Waals surface area contributed by atoms with Gasteiger partial charge in [0.1, 0.15) is 6.61 Å². The molecule has 0 aromatic heterocycles. The van der Waals surface area contributed by atoms with Gasteiger partial charge in [-0.1, -0.05) is 30.3 Å². The Morgan fingerprint density at radius 3 is 2.82 bits per heavy atom. The minimum atomic E-state index is -0.209. The molecule has 1 fully saturated rings. The first-order valence-electron chi connectivity index (χ1n) is 5.84. The van der Waals surface area contributed by atoms with Crippen LogP contribution in [0.4, 0.5) is 0 Å². The van der Waals surface area contributed by atoms with Gasteiger partial charge < -0.3 is 14.7 Å². The van der Waals surface area contributed by atoms with E-state index in [0.29, 0.717) is 19.5 Å². The lowest BCUT2D eigenvalue weighted by Gasteiger charge is -2.19. The fraction of sp³-hybridized carbons (Fsp3) is 0.462. The fourth-order valence-corrected chi connectivity index (χ4v) is 1.90. The van der Waals surface area contributed by atoms with Gasteiger partial charge in [-0.2, -0.15) is 0 Å². The van der Waals surface area contributed by atoms with Crippen molar-refractivity contribution in [3.05, 3.63) is 35.9 Å². The molecule has 0 aliphatic carbocycles. The third kappa shape index (κ3) is 3.28. The van der Waals surface area contributed by atoms with Crippen LogP contribution in [-0.4, -0.2) is 41.8 Å². The van der Waals surface area contributed by atoms with Crippen LogP contribution < -0.4 is 0 Å². The average molecular weight is 235 g/mol. The molecule has 1 saturated heterocycles. The largest absolute Gasteiger partial charge is 0.394 e. The third-order valence-corrected chi connectivity index (χ3v) is 2.94. The van der Waals surface area contributed by atoms with Crippen molar-refractivity contribution in [3.63, 3.8) is 0 Å². The SMILES string of the molecule is O=C1COC(CO)CCN1Cc1ccccc1. The number of amides is 1. The number of ether oxygens (including phenoxy) is 1. The van der Waals surface area contributed by atoms with Crippen molar-refractivity contribution in [1.82, 2.24) is 4.90 Å². The molecule has 92 valence electrons. The van der Waals surface area contributed by atoms with Crippen LogP contribution in [0.3, 0.4) is 0 Å². The van der Waals surface area contributed by atoms with Crippen molar-refractivity contribution in [2.45, 2.75) is 19.1 Å². The van der Waals surface area contributed by atoms with Crippen molar-refractivity contribution >= 4 is 5.91 Å². The summed E-state index contributed by atoms with van der Waals surface area (Å²) in [6.45, 7) is 1.30. The van der Waals surface area contributed by atoms with E-state index < -0.39 is 0 Å². The molecular weight excluding hydrogens is 218 g/mol. The zero-order valence-corrected chi connectivity index (χ0v) is 9.71.